The van der Waals surface area contributed by atoms with E-state index in [0.717, 1.165) is 42.7 Å². The molecule has 7 heteroatoms. The van der Waals surface area contributed by atoms with Gasteiger partial charge >= 0.3 is 5.97 Å². The number of ether oxygens (including phenoxy) is 1. The van der Waals surface area contributed by atoms with Crippen LogP contribution in [0.1, 0.15) is 35.4 Å². The van der Waals surface area contributed by atoms with Crippen molar-refractivity contribution in [1.29, 1.82) is 0 Å². The van der Waals surface area contributed by atoms with Gasteiger partial charge in [0.15, 0.2) is 0 Å². The summed E-state index contributed by atoms with van der Waals surface area (Å²) in [4.78, 5) is 16.1. The van der Waals surface area contributed by atoms with E-state index in [-0.39, 0.29) is 6.23 Å². The van der Waals surface area contributed by atoms with Crippen LogP contribution >= 0.6 is 34.4 Å². The van der Waals surface area contributed by atoms with Crippen molar-refractivity contribution >= 4 is 40.4 Å². The SMILES string of the molecule is O=C(O[C@@H]1CC2CC[N+]1(CCCSc1ccccc1)CC2)C(O)(c1cccs1)c1cccs1. The molecule has 6 rings (SSSR count). The second-order valence-corrected chi connectivity index (χ2v) is 12.2. The number of rotatable bonds is 9. The summed E-state index contributed by atoms with van der Waals surface area (Å²) in [6.45, 7) is 3.14. The average molecular weight is 501 g/mol. The van der Waals surface area contributed by atoms with Gasteiger partial charge in [-0.25, -0.2) is 4.79 Å². The van der Waals surface area contributed by atoms with Crippen molar-refractivity contribution in [2.45, 2.75) is 42.4 Å². The minimum atomic E-state index is -1.73. The quantitative estimate of drug-likeness (QED) is 0.176. The number of thiophene rings is 2. The zero-order valence-corrected chi connectivity index (χ0v) is 21.0. The molecular formula is C26H30NO3S3+. The molecule has 3 aromatic rings. The van der Waals surface area contributed by atoms with Crippen molar-refractivity contribution in [2.24, 2.45) is 5.92 Å². The molecule has 4 nitrogen and oxygen atoms in total. The zero-order chi connectivity index (χ0) is 22.7. The van der Waals surface area contributed by atoms with E-state index in [2.05, 4.69) is 24.3 Å². The molecule has 5 heterocycles. The lowest BCUT2D eigenvalue weighted by Crippen LogP contribution is -2.66. The number of fused-ring (bicyclic) bond motifs is 3. The van der Waals surface area contributed by atoms with E-state index < -0.39 is 11.6 Å². The molecule has 2 bridgehead atoms. The standard InChI is InChI=1S/C26H30NO3S3/c28-25(26(29,22-9-4-16-32-22)23-10-5-17-33-23)30-24-19-20-11-14-27(24,15-12-20)13-6-18-31-21-7-2-1-3-8-21/h1-5,7-10,16-17,20,24,29H,6,11-15,18-19H2/q+1/t20?,24-,27?/m1/s1. The lowest BCUT2D eigenvalue weighted by Gasteiger charge is -2.53. The summed E-state index contributed by atoms with van der Waals surface area (Å²) >= 11 is 4.68. The Morgan fingerprint density at radius 3 is 2.30 bits per heavy atom. The number of piperidine rings is 3. The van der Waals surface area contributed by atoms with Crippen molar-refractivity contribution < 1.29 is 19.1 Å². The maximum atomic E-state index is 13.6. The maximum Gasteiger partial charge on any atom is 0.353 e. The first-order chi connectivity index (χ1) is 16.1. The molecule has 3 fully saturated rings. The van der Waals surface area contributed by atoms with Gasteiger partial charge in [-0.2, -0.15) is 0 Å². The summed E-state index contributed by atoms with van der Waals surface area (Å²) in [5, 5.41) is 15.5. The Kier molecular flexibility index (Phi) is 6.95. The molecule has 1 aromatic carbocycles. The number of hydrogen-bond donors (Lipinski definition) is 1. The van der Waals surface area contributed by atoms with Gasteiger partial charge in [-0.1, -0.05) is 30.3 Å². The first-order valence-corrected chi connectivity index (χ1v) is 14.4. The zero-order valence-electron chi connectivity index (χ0n) is 18.6. The molecule has 0 saturated carbocycles. The Labute approximate surface area is 207 Å². The van der Waals surface area contributed by atoms with Crippen LogP contribution in [0.4, 0.5) is 0 Å². The molecule has 0 aliphatic carbocycles. The fourth-order valence-electron chi connectivity index (χ4n) is 5.28. The third kappa shape index (κ3) is 4.66. The molecule has 2 aromatic heterocycles. The number of carbonyl (C=O) groups is 1. The van der Waals surface area contributed by atoms with Crippen LogP contribution in [0.15, 0.2) is 70.3 Å². The van der Waals surface area contributed by atoms with Gasteiger partial charge in [0.05, 0.1) is 29.4 Å². The number of esters is 1. The van der Waals surface area contributed by atoms with E-state index in [9.17, 15) is 9.90 Å². The maximum absolute atomic E-state index is 13.6. The van der Waals surface area contributed by atoms with Crippen molar-refractivity contribution in [3.63, 3.8) is 0 Å². The smallest absolute Gasteiger partial charge is 0.353 e. The van der Waals surface area contributed by atoms with Gasteiger partial charge < -0.3 is 9.84 Å². The number of carbonyl (C=O) groups excluding carboxylic acids is 1. The molecule has 0 radical (unpaired) electrons. The molecule has 1 N–H and O–H groups in total. The van der Waals surface area contributed by atoms with E-state index in [4.69, 9.17) is 4.74 Å². The second-order valence-electron chi connectivity index (χ2n) is 9.11. The predicted molar refractivity (Wildman–Crippen MR) is 136 cm³/mol. The minimum absolute atomic E-state index is 0.168. The molecule has 0 spiro atoms. The van der Waals surface area contributed by atoms with Crippen molar-refractivity contribution in [3.8, 4) is 0 Å². The molecule has 3 saturated heterocycles. The number of quaternary nitrogens is 1. The van der Waals surface area contributed by atoms with E-state index in [1.165, 1.54) is 40.4 Å². The van der Waals surface area contributed by atoms with Crippen LogP contribution in [0.3, 0.4) is 0 Å². The molecular weight excluding hydrogens is 470 g/mol. The number of thioether (sulfide) groups is 1. The van der Waals surface area contributed by atoms with Crippen LogP contribution in [-0.2, 0) is 15.1 Å². The van der Waals surface area contributed by atoms with Gasteiger partial charge in [-0.15, -0.1) is 34.4 Å². The van der Waals surface area contributed by atoms with Crippen molar-refractivity contribution in [2.75, 3.05) is 25.4 Å². The third-order valence-corrected chi connectivity index (χ3v) is 10.2. The van der Waals surface area contributed by atoms with Gasteiger partial charge in [0.2, 0.25) is 11.8 Å². The molecule has 3 aliphatic heterocycles. The van der Waals surface area contributed by atoms with Crippen LogP contribution in [0, 0.1) is 5.92 Å². The summed E-state index contributed by atoms with van der Waals surface area (Å²) in [5.41, 5.74) is -1.73. The first kappa shape index (κ1) is 23.1. The molecule has 3 aliphatic rings. The highest BCUT2D eigenvalue weighted by molar-refractivity contribution is 7.99. The Hall–Kier alpha value is -1.64. The number of hydrogen-bond acceptors (Lipinski definition) is 6. The lowest BCUT2D eigenvalue weighted by atomic mass is 9.84. The van der Waals surface area contributed by atoms with Gasteiger partial charge in [0.25, 0.3) is 0 Å². The molecule has 174 valence electrons. The molecule has 1 atom stereocenters. The van der Waals surface area contributed by atoms with Gasteiger partial charge in [0, 0.05) is 36.3 Å². The summed E-state index contributed by atoms with van der Waals surface area (Å²) in [7, 11) is 0. The highest BCUT2D eigenvalue weighted by atomic mass is 32.2. The lowest BCUT2D eigenvalue weighted by molar-refractivity contribution is -0.984. The second kappa shape index (κ2) is 9.92. The Morgan fingerprint density at radius 2 is 1.70 bits per heavy atom. The minimum Gasteiger partial charge on any atom is -0.410 e. The molecule has 33 heavy (non-hydrogen) atoms. The Balaban J connectivity index is 1.30. The summed E-state index contributed by atoms with van der Waals surface area (Å²) < 4.78 is 7.10. The Bertz CT molecular complexity index is 994. The van der Waals surface area contributed by atoms with Gasteiger partial charge in [-0.3, -0.25) is 4.48 Å². The van der Waals surface area contributed by atoms with Crippen molar-refractivity contribution in [3.05, 3.63) is 75.1 Å². The van der Waals surface area contributed by atoms with Crippen LogP contribution in [0.5, 0.6) is 0 Å². The summed E-state index contributed by atoms with van der Waals surface area (Å²) in [6.07, 6.45) is 4.24. The fourth-order valence-corrected chi connectivity index (χ4v) is 7.85. The normalized spacial score (nSPS) is 24.6. The highest BCUT2D eigenvalue weighted by Gasteiger charge is 2.52. The van der Waals surface area contributed by atoms with E-state index in [1.54, 1.807) is 0 Å². The third-order valence-electron chi connectivity index (χ3n) is 7.16. The Morgan fingerprint density at radius 1 is 1.03 bits per heavy atom. The van der Waals surface area contributed by atoms with E-state index in [0.29, 0.717) is 15.7 Å². The average Bonchev–Trinajstić information content (AvgIpc) is 3.58. The van der Waals surface area contributed by atoms with Crippen LogP contribution < -0.4 is 0 Å². The first-order valence-electron chi connectivity index (χ1n) is 11.7. The van der Waals surface area contributed by atoms with Crippen LogP contribution in [-0.4, -0.2) is 47.2 Å². The highest BCUT2D eigenvalue weighted by Crippen LogP contribution is 2.42. The van der Waals surface area contributed by atoms with Crippen LogP contribution in [0.25, 0.3) is 0 Å². The van der Waals surface area contributed by atoms with E-state index >= 15 is 0 Å². The van der Waals surface area contributed by atoms with Crippen LogP contribution in [0.2, 0.25) is 0 Å². The summed E-state index contributed by atoms with van der Waals surface area (Å²) in [6, 6.07) is 17.9. The van der Waals surface area contributed by atoms with Gasteiger partial charge in [0.1, 0.15) is 0 Å². The topological polar surface area (TPSA) is 46.5 Å². The number of benzene rings is 1. The predicted octanol–water partition coefficient (Wildman–Crippen LogP) is 5.73. The molecule has 0 unspecified atom stereocenters. The fraction of sp³-hybridized carbons (Fsp3) is 0.423. The summed E-state index contributed by atoms with van der Waals surface area (Å²) in [5.74, 6) is 1.15. The van der Waals surface area contributed by atoms with E-state index in [1.807, 2.05) is 52.9 Å². The van der Waals surface area contributed by atoms with Gasteiger partial charge in [-0.05, 0) is 40.9 Å². The number of nitrogens with zero attached hydrogens (tertiary/aromatic N) is 1. The van der Waals surface area contributed by atoms with Crippen molar-refractivity contribution in [1.82, 2.24) is 0 Å². The molecule has 0 amide bonds. The largest absolute Gasteiger partial charge is 0.410 e. The number of aliphatic hydroxyl groups is 1. The monoisotopic (exact) mass is 500 g/mol.